The van der Waals surface area contributed by atoms with E-state index in [4.69, 9.17) is 5.73 Å². The first-order valence-corrected chi connectivity index (χ1v) is 6.22. The third-order valence-electron chi connectivity index (χ3n) is 2.87. The smallest absolute Gasteiger partial charge is 0.255 e. The molecule has 2 rings (SSSR count). The molecule has 1 aromatic heterocycles. The maximum Gasteiger partial charge on any atom is 0.255 e. The van der Waals surface area contributed by atoms with Crippen LogP contribution in [0.4, 0.5) is 5.69 Å². The molecule has 0 aliphatic carbocycles. The van der Waals surface area contributed by atoms with Crippen LogP contribution in [0.1, 0.15) is 21.6 Å². The van der Waals surface area contributed by atoms with Gasteiger partial charge in [0.15, 0.2) is 0 Å². The first-order valence-electron chi connectivity index (χ1n) is 6.22. The Morgan fingerprint density at radius 3 is 2.84 bits per heavy atom. The number of pyridine rings is 1. The van der Waals surface area contributed by atoms with Gasteiger partial charge in [0.05, 0.1) is 0 Å². The molecule has 4 heteroatoms. The predicted octanol–water partition coefficient (Wildman–Crippen LogP) is 2.14. The summed E-state index contributed by atoms with van der Waals surface area (Å²) in [5, 5.41) is 2.90. The van der Waals surface area contributed by atoms with E-state index in [1.165, 1.54) is 0 Å². The highest BCUT2D eigenvalue weighted by Crippen LogP contribution is 2.14. The van der Waals surface area contributed by atoms with Gasteiger partial charge in [-0.05, 0) is 37.2 Å². The lowest BCUT2D eigenvalue weighted by Gasteiger charge is -2.08. The number of benzene rings is 1. The number of hydrogen-bond donors (Lipinski definition) is 2. The number of nitrogens with one attached hydrogen (secondary N) is 1. The molecule has 0 bridgehead atoms. The Balaban J connectivity index is 2.16. The normalized spacial score (nSPS) is 10.2. The molecule has 2 aromatic rings. The minimum atomic E-state index is -0.130. The minimum absolute atomic E-state index is 0.130. The molecule has 0 unspecified atom stereocenters. The number of amides is 1. The molecule has 0 saturated heterocycles. The SMILES string of the molecule is Cc1ccccc1NC(=O)c1ccnc(CCN)c1. The first kappa shape index (κ1) is 13.2. The molecule has 0 radical (unpaired) electrons. The number of nitrogens with two attached hydrogens (primary N) is 1. The number of anilines is 1. The Bertz CT molecular complexity index is 581. The second-order valence-corrected chi connectivity index (χ2v) is 4.34. The Kier molecular flexibility index (Phi) is 4.26. The molecule has 19 heavy (non-hydrogen) atoms. The van der Waals surface area contributed by atoms with Gasteiger partial charge in [0, 0.05) is 29.6 Å². The zero-order valence-electron chi connectivity index (χ0n) is 10.9. The van der Waals surface area contributed by atoms with Crippen LogP contribution in [0, 0.1) is 6.92 Å². The molecule has 1 heterocycles. The van der Waals surface area contributed by atoms with E-state index in [2.05, 4.69) is 10.3 Å². The average Bonchev–Trinajstić information content (AvgIpc) is 2.42. The van der Waals surface area contributed by atoms with Crippen molar-refractivity contribution in [1.82, 2.24) is 4.98 Å². The largest absolute Gasteiger partial charge is 0.330 e. The van der Waals surface area contributed by atoms with E-state index in [1.54, 1.807) is 18.3 Å². The predicted molar refractivity (Wildman–Crippen MR) is 76.1 cm³/mol. The first-order chi connectivity index (χ1) is 9.20. The summed E-state index contributed by atoms with van der Waals surface area (Å²) in [5.74, 6) is -0.130. The number of hydrogen-bond acceptors (Lipinski definition) is 3. The number of carbonyl (C=O) groups excluding carboxylic acids is 1. The quantitative estimate of drug-likeness (QED) is 0.879. The molecule has 0 spiro atoms. The van der Waals surface area contributed by atoms with Crippen LogP contribution >= 0.6 is 0 Å². The molecule has 3 N–H and O–H groups in total. The third-order valence-corrected chi connectivity index (χ3v) is 2.87. The van der Waals surface area contributed by atoms with Crippen molar-refractivity contribution in [2.24, 2.45) is 5.73 Å². The van der Waals surface area contributed by atoms with Crippen LogP contribution in [0.2, 0.25) is 0 Å². The number of rotatable bonds is 4. The van der Waals surface area contributed by atoms with Crippen molar-refractivity contribution in [3.8, 4) is 0 Å². The van der Waals surface area contributed by atoms with Gasteiger partial charge in [-0.15, -0.1) is 0 Å². The van der Waals surface area contributed by atoms with E-state index in [1.807, 2.05) is 31.2 Å². The molecule has 0 fully saturated rings. The lowest BCUT2D eigenvalue weighted by Crippen LogP contribution is -2.14. The summed E-state index contributed by atoms with van der Waals surface area (Å²) < 4.78 is 0. The summed E-state index contributed by atoms with van der Waals surface area (Å²) in [6, 6.07) is 11.2. The Morgan fingerprint density at radius 2 is 2.11 bits per heavy atom. The van der Waals surface area contributed by atoms with Crippen molar-refractivity contribution in [2.45, 2.75) is 13.3 Å². The lowest BCUT2D eigenvalue weighted by molar-refractivity contribution is 0.102. The summed E-state index contributed by atoms with van der Waals surface area (Å²) >= 11 is 0. The van der Waals surface area contributed by atoms with Crippen molar-refractivity contribution in [2.75, 3.05) is 11.9 Å². The van der Waals surface area contributed by atoms with Crippen LogP contribution in [-0.2, 0) is 6.42 Å². The number of nitrogens with zero attached hydrogens (tertiary/aromatic N) is 1. The van der Waals surface area contributed by atoms with E-state index in [0.717, 1.165) is 16.9 Å². The molecule has 98 valence electrons. The van der Waals surface area contributed by atoms with Gasteiger partial charge in [-0.3, -0.25) is 9.78 Å². The zero-order valence-corrected chi connectivity index (χ0v) is 10.9. The number of aryl methyl sites for hydroxylation is 1. The van der Waals surface area contributed by atoms with Crippen LogP contribution < -0.4 is 11.1 Å². The van der Waals surface area contributed by atoms with E-state index in [9.17, 15) is 4.79 Å². The van der Waals surface area contributed by atoms with Gasteiger partial charge in [-0.2, -0.15) is 0 Å². The monoisotopic (exact) mass is 255 g/mol. The number of aromatic nitrogens is 1. The fourth-order valence-electron chi connectivity index (χ4n) is 1.81. The highest BCUT2D eigenvalue weighted by Gasteiger charge is 2.08. The molecule has 0 aliphatic rings. The van der Waals surface area contributed by atoms with Crippen molar-refractivity contribution in [3.63, 3.8) is 0 Å². The van der Waals surface area contributed by atoms with Gasteiger partial charge in [0.1, 0.15) is 0 Å². The topological polar surface area (TPSA) is 68.0 Å². The van der Waals surface area contributed by atoms with Gasteiger partial charge in [0.2, 0.25) is 0 Å². The third kappa shape index (κ3) is 3.39. The summed E-state index contributed by atoms with van der Waals surface area (Å²) in [5.41, 5.74) is 8.78. The van der Waals surface area contributed by atoms with Crippen LogP contribution in [0.5, 0.6) is 0 Å². The van der Waals surface area contributed by atoms with Crippen molar-refractivity contribution in [1.29, 1.82) is 0 Å². The number of para-hydroxylation sites is 1. The van der Waals surface area contributed by atoms with Gasteiger partial charge in [0.25, 0.3) is 5.91 Å². The van der Waals surface area contributed by atoms with Crippen molar-refractivity contribution < 1.29 is 4.79 Å². The summed E-state index contributed by atoms with van der Waals surface area (Å²) in [6.45, 7) is 2.48. The minimum Gasteiger partial charge on any atom is -0.330 e. The second kappa shape index (κ2) is 6.11. The maximum absolute atomic E-state index is 12.2. The average molecular weight is 255 g/mol. The van der Waals surface area contributed by atoms with Gasteiger partial charge >= 0.3 is 0 Å². The highest BCUT2D eigenvalue weighted by molar-refractivity contribution is 6.04. The van der Waals surface area contributed by atoms with Crippen LogP contribution in [0.25, 0.3) is 0 Å². The fraction of sp³-hybridized carbons (Fsp3) is 0.200. The van der Waals surface area contributed by atoms with E-state index >= 15 is 0 Å². The van der Waals surface area contributed by atoms with Crippen LogP contribution in [0.3, 0.4) is 0 Å². The molecule has 0 atom stereocenters. The molecule has 1 amide bonds. The highest BCUT2D eigenvalue weighted by atomic mass is 16.1. The molecule has 0 saturated carbocycles. The molecule has 0 aliphatic heterocycles. The zero-order chi connectivity index (χ0) is 13.7. The van der Waals surface area contributed by atoms with E-state index in [-0.39, 0.29) is 5.91 Å². The summed E-state index contributed by atoms with van der Waals surface area (Å²) in [4.78, 5) is 16.3. The number of carbonyl (C=O) groups is 1. The summed E-state index contributed by atoms with van der Waals surface area (Å²) in [7, 11) is 0. The van der Waals surface area contributed by atoms with Crippen LogP contribution in [-0.4, -0.2) is 17.4 Å². The van der Waals surface area contributed by atoms with Crippen LogP contribution in [0.15, 0.2) is 42.6 Å². The van der Waals surface area contributed by atoms with Crippen molar-refractivity contribution in [3.05, 3.63) is 59.4 Å². The second-order valence-electron chi connectivity index (χ2n) is 4.34. The summed E-state index contributed by atoms with van der Waals surface area (Å²) in [6.07, 6.45) is 2.31. The van der Waals surface area contributed by atoms with Gasteiger partial charge < -0.3 is 11.1 Å². The fourth-order valence-corrected chi connectivity index (χ4v) is 1.81. The van der Waals surface area contributed by atoms with E-state index in [0.29, 0.717) is 18.5 Å². The maximum atomic E-state index is 12.2. The molecule has 4 nitrogen and oxygen atoms in total. The van der Waals surface area contributed by atoms with Crippen molar-refractivity contribution >= 4 is 11.6 Å². The van der Waals surface area contributed by atoms with E-state index < -0.39 is 0 Å². The molecule has 1 aromatic carbocycles. The standard InChI is InChI=1S/C15H17N3O/c1-11-4-2-3-5-14(11)18-15(19)12-7-9-17-13(10-12)6-8-16/h2-5,7,9-10H,6,8,16H2,1H3,(H,18,19). The molecular formula is C15H17N3O. The van der Waals surface area contributed by atoms with Gasteiger partial charge in [-0.1, -0.05) is 18.2 Å². The van der Waals surface area contributed by atoms with Gasteiger partial charge in [-0.25, -0.2) is 0 Å². The molecular weight excluding hydrogens is 238 g/mol. The Labute approximate surface area is 112 Å². The Hall–Kier alpha value is -2.20. The Morgan fingerprint density at radius 1 is 1.32 bits per heavy atom. The lowest BCUT2D eigenvalue weighted by atomic mass is 10.1.